The largest absolute Gasteiger partial charge is 0.383 e. The molecule has 2 N–H and O–H groups in total. The molecule has 0 spiro atoms. The first kappa shape index (κ1) is 15.4. The molecule has 0 aliphatic rings. The Hall–Kier alpha value is -1.70. The third-order valence-electron chi connectivity index (χ3n) is 2.20. The number of methoxy groups -OCH3 is 1. The number of amides is 1. The number of benzene rings is 1. The Morgan fingerprint density at radius 3 is 2.89 bits per heavy atom. The first-order valence-electron chi connectivity index (χ1n) is 5.48. The van der Waals surface area contributed by atoms with E-state index in [2.05, 4.69) is 10.6 Å². The number of rotatable bonds is 7. The molecule has 1 amide bonds. The van der Waals surface area contributed by atoms with Gasteiger partial charge in [0.05, 0.1) is 18.1 Å². The second kappa shape index (κ2) is 7.67. The van der Waals surface area contributed by atoms with E-state index in [1.54, 1.807) is 7.11 Å². The molecule has 104 valence electrons. The van der Waals surface area contributed by atoms with Crippen molar-refractivity contribution in [2.75, 3.05) is 32.1 Å². The highest BCUT2D eigenvalue weighted by atomic mass is 35.5. The van der Waals surface area contributed by atoms with Gasteiger partial charge in [-0.2, -0.15) is 0 Å². The van der Waals surface area contributed by atoms with Crippen LogP contribution >= 0.6 is 11.6 Å². The van der Waals surface area contributed by atoms with Gasteiger partial charge in [-0.1, -0.05) is 11.6 Å². The van der Waals surface area contributed by atoms with Gasteiger partial charge in [0.2, 0.25) is 5.91 Å². The molecule has 0 aliphatic heterocycles. The van der Waals surface area contributed by atoms with Crippen LogP contribution in [0.15, 0.2) is 18.2 Å². The van der Waals surface area contributed by atoms with Crippen molar-refractivity contribution in [3.8, 4) is 0 Å². The summed E-state index contributed by atoms with van der Waals surface area (Å²) >= 11 is 5.67. The van der Waals surface area contributed by atoms with Crippen molar-refractivity contribution in [3.63, 3.8) is 0 Å². The minimum Gasteiger partial charge on any atom is -0.383 e. The number of carbonyl (C=O) groups excluding carboxylic acids is 1. The van der Waals surface area contributed by atoms with Gasteiger partial charge >= 0.3 is 0 Å². The SMILES string of the molecule is COCCNCC(=O)Nc1ccc(Cl)cc1[N+](=O)[O-]. The summed E-state index contributed by atoms with van der Waals surface area (Å²) in [5.41, 5.74) is -0.120. The molecule has 1 aromatic rings. The number of halogens is 1. The Labute approximate surface area is 115 Å². The van der Waals surface area contributed by atoms with Crippen molar-refractivity contribution in [2.24, 2.45) is 0 Å². The minimum atomic E-state index is -0.597. The average molecular weight is 288 g/mol. The number of nitrogens with one attached hydrogen (secondary N) is 2. The zero-order valence-electron chi connectivity index (χ0n) is 10.3. The highest BCUT2D eigenvalue weighted by molar-refractivity contribution is 6.31. The Morgan fingerprint density at radius 2 is 2.26 bits per heavy atom. The number of carbonyl (C=O) groups is 1. The van der Waals surface area contributed by atoms with Crippen LogP contribution in [0.4, 0.5) is 11.4 Å². The monoisotopic (exact) mass is 287 g/mol. The van der Waals surface area contributed by atoms with E-state index in [4.69, 9.17) is 16.3 Å². The van der Waals surface area contributed by atoms with E-state index in [-0.39, 0.29) is 28.8 Å². The van der Waals surface area contributed by atoms with Crippen molar-refractivity contribution in [1.82, 2.24) is 5.32 Å². The Bertz CT molecular complexity index is 467. The quantitative estimate of drug-likeness (QED) is 0.449. The van der Waals surface area contributed by atoms with Gasteiger partial charge in [0.1, 0.15) is 5.69 Å². The van der Waals surface area contributed by atoms with Crippen LogP contribution in [0.5, 0.6) is 0 Å². The summed E-state index contributed by atoms with van der Waals surface area (Å²) in [6, 6.07) is 4.06. The predicted octanol–water partition coefficient (Wildman–Crippen LogP) is 1.42. The standard InChI is InChI=1S/C11H14ClN3O4/c1-19-5-4-13-7-11(16)14-9-3-2-8(12)6-10(9)15(17)18/h2-3,6,13H,4-5,7H2,1H3,(H,14,16). The molecule has 0 aliphatic carbocycles. The maximum absolute atomic E-state index is 11.6. The summed E-state index contributed by atoms with van der Waals surface area (Å²) in [4.78, 5) is 21.8. The third-order valence-corrected chi connectivity index (χ3v) is 2.43. The maximum atomic E-state index is 11.6. The molecule has 0 fully saturated rings. The van der Waals surface area contributed by atoms with Crippen molar-refractivity contribution < 1.29 is 14.5 Å². The molecule has 1 rings (SSSR count). The number of nitro groups is 1. The molecule has 0 bridgehead atoms. The van der Waals surface area contributed by atoms with Crippen LogP contribution in [0.2, 0.25) is 5.02 Å². The number of anilines is 1. The third kappa shape index (κ3) is 5.21. The molecule has 0 atom stereocenters. The van der Waals surface area contributed by atoms with Gasteiger partial charge in [0.15, 0.2) is 0 Å². The van der Waals surface area contributed by atoms with Gasteiger partial charge in [-0.05, 0) is 12.1 Å². The molecule has 0 unspecified atom stereocenters. The second-order valence-corrected chi connectivity index (χ2v) is 4.07. The van der Waals surface area contributed by atoms with Crippen molar-refractivity contribution in [2.45, 2.75) is 0 Å². The lowest BCUT2D eigenvalue weighted by Gasteiger charge is -2.07. The molecule has 0 saturated heterocycles. The molecule has 7 nitrogen and oxygen atoms in total. The summed E-state index contributed by atoms with van der Waals surface area (Å²) in [7, 11) is 1.55. The van der Waals surface area contributed by atoms with E-state index in [1.165, 1.54) is 18.2 Å². The Kier molecular flexibility index (Phi) is 6.20. The molecule has 0 heterocycles. The van der Waals surface area contributed by atoms with Crippen LogP contribution < -0.4 is 10.6 Å². The van der Waals surface area contributed by atoms with Crippen LogP contribution in [0.1, 0.15) is 0 Å². The Morgan fingerprint density at radius 1 is 1.53 bits per heavy atom. The van der Waals surface area contributed by atoms with Gasteiger partial charge in [0, 0.05) is 24.7 Å². The van der Waals surface area contributed by atoms with E-state index in [9.17, 15) is 14.9 Å². The molecule has 0 radical (unpaired) electrons. The van der Waals surface area contributed by atoms with E-state index in [1.807, 2.05) is 0 Å². The lowest BCUT2D eigenvalue weighted by Crippen LogP contribution is -2.30. The lowest BCUT2D eigenvalue weighted by atomic mass is 10.2. The highest BCUT2D eigenvalue weighted by Gasteiger charge is 2.16. The van der Waals surface area contributed by atoms with Crippen LogP contribution in [0, 0.1) is 10.1 Å². The first-order valence-corrected chi connectivity index (χ1v) is 5.86. The topological polar surface area (TPSA) is 93.5 Å². The van der Waals surface area contributed by atoms with Gasteiger partial charge in [-0.25, -0.2) is 0 Å². The minimum absolute atomic E-state index is 0.0448. The summed E-state index contributed by atoms with van der Waals surface area (Å²) in [6.07, 6.45) is 0. The normalized spacial score (nSPS) is 10.2. The Balaban J connectivity index is 2.61. The summed E-state index contributed by atoms with van der Waals surface area (Å²) in [5.74, 6) is -0.374. The first-order chi connectivity index (χ1) is 9.04. The molecular formula is C11H14ClN3O4. The molecule has 0 aromatic heterocycles. The van der Waals surface area contributed by atoms with Crippen LogP contribution in [0.25, 0.3) is 0 Å². The van der Waals surface area contributed by atoms with Gasteiger partial charge in [-0.15, -0.1) is 0 Å². The lowest BCUT2D eigenvalue weighted by molar-refractivity contribution is -0.383. The van der Waals surface area contributed by atoms with Crippen molar-refractivity contribution in [1.29, 1.82) is 0 Å². The zero-order valence-corrected chi connectivity index (χ0v) is 11.1. The fraction of sp³-hybridized carbons (Fsp3) is 0.364. The molecular weight excluding hydrogens is 274 g/mol. The summed E-state index contributed by atoms with van der Waals surface area (Å²) in [6.45, 7) is 1.05. The van der Waals surface area contributed by atoms with Crippen molar-refractivity contribution >= 4 is 28.9 Å². The zero-order chi connectivity index (χ0) is 14.3. The molecule has 8 heteroatoms. The van der Waals surface area contributed by atoms with E-state index in [0.717, 1.165) is 0 Å². The van der Waals surface area contributed by atoms with Crippen LogP contribution in [-0.2, 0) is 9.53 Å². The van der Waals surface area contributed by atoms with Crippen LogP contribution in [0.3, 0.4) is 0 Å². The number of hydrogen-bond donors (Lipinski definition) is 2. The summed E-state index contributed by atoms with van der Waals surface area (Å²) in [5, 5.41) is 16.3. The average Bonchev–Trinajstić information content (AvgIpc) is 2.36. The van der Waals surface area contributed by atoms with Crippen molar-refractivity contribution in [3.05, 3.63) is 33.3 Å². The summed E-state index contributed by atoms with van der Waals surface area (Å²) < 4.78 is 4.81. The molecule has 19 heavy (non-hydrogen) atoms. The second-order valence-electron chi connectivity index (χ2n) is 3.64. The number of nitrogens with zero attached hydrogens (tertiary/aromatic N) is 1. The molecule has 0 saturated carbocycles. The smallest absolute Gasteiger partial charge is 0.294 e. The fourth-order valence-corrected chi connectivity index (χ4v) is 1.50. The van der Waals surface area contributed by atoms with E-state index in [0.29, 0.717) is 13.2 Å². The van der Waals surface area contributed by atoms with Gasteiger partial charge in [0.25, 0.3) is 5.69 Å². The van der Waals surface area contributed by atoms with Gasteiger partial charge < -0.3 is 15.4 Å². The van der Waals surface area contributed by atoms with E-state index >= 15 is 0 Å². The number of nitro benzene ring substituents is 1. The van der Waals surface area contributed by atoms with Crippen LogP contribution in [-0.4, -0.2) is 37.6 Å². The van der Waals surface area contributed by atoms with Gasteiger partial charge in [-0.3, -0.25) is 14.9 Å². The fourth-order valence-electron chi connectivity index (χ4n) is 1.33. The van der Waals surface area contributed by atoms with E-state index < -0.39 is 4.92 Å². The predicted molar refractivity (Wildman–Crippen MR) is 71.5 cm³/mol. The number of hydrogen-bond acceptors (Lipinski definition) is 5. The molecule has 1 aromatic carbocycles. The highest BCUT2D eigenvalue weighted by Crippen LogP contribution is 2.27. The number of ether oxygens (including phenoxy) is 1. The maximum Gasteiger partial charge on any atom is 0.294 e.